The Balaban J connectivity index is 1.66. The SMILES string of the molecule is Nc1c(Nc2ccc(F)cc2)ncnc1Nc1cccc2ncccc12. The van der Waals surface area contributed by atoms with Crippen LogP contribution in [-0.2, 0) is 0 Å². The molecular weight excluding hydrogens is 331 g/mol. The molecule has 26 heavy (non-hydrogen) atoms. The number of anilines is 5. The van der Waals surface area contributed by atoms with Crippen molar-refractivity contribution in [2.45, 2.75) is 0 Å². The number of hydrogen-bond acceptors (Lipinski definition) is 6. The highest BCUT2D eigenvalue weighted by atomic mass is 19.1. The molecule has 0 saturated carbocycles. The maximum absolute atomic E-state index is 13.0. The van der Waals surface area contributed by atoms with Gasteiger partial charge in [0.1, 0.15) is 17.8 Å². The van der Waals surface area contributed by atoms with Crippen LogP contribution in [0.4, 0.5) is 33.1 Å². The van der Waals surface area contributed by atoms with Gasteiger partial charge in [0.15, 0.2) is 11.6 Å². The predicted molar refractivity (Wildman–Crippen MR) is 101 cm³/mol. The van der Waals surface area contributed by atoms with Gasteiger partial charge in [0.2, 0.25) is 0 Å². The molecule has 4 aromatic rings. The minimum Gasteiger partial charge on any atom is -0.393 e. The fourth-order valence-electron chi connectivity index (χ4n) is 2.60. The van der Waals surface area contributed by atoms with Gasteiger partial charge >= 0.3 is 0 Å². The molecule has 128 valence electrons. The lowest BCUT2D eigenvalue weighted by Gasteiger charge is -2.13. The maximum Gasteiger partial charge on any atom is 0.159 e. The monoisotopic (exact) mass is 346 g/mol. The third-order valence-electron chi connectivity index (χ3n) is 3.89. The van der Waals surface area contributed by atoms with E-state index in [-0.39, 0.29) is 5.82 Å². The normalized spacial score (nSPS) is 10.7. The number of halogens is 1. The average molecular weight is 346 g/mol. The molecule has 0 radical (unpaired) electrons. The molecule has 0 bridgehead atoms. The van der Waals surface area contributed by atoms with E-state index in [1.165, 1.54) is 18.5 Å². The first-order valence-electron chi connectivity index (χ1n) is 7.94. The first-order valence-corrected chi connectivity index (χ1v) is 7.94. The number of pyridine rings is 1. The van der Waals surface area contributed by atoms with Gasteiger partial charge in [-0.25, -0.2) is 14.4 Å². The standard InChI is InChI=1S/C19H15FN6/c20-12-6-8-13(9-7-12)25-18-17(21)19(24-11-23-18)26-16-5-1-4-15-14(16)3-2-10-22-15/h1-11H,21H2,(H2,23,24,25,26). The topological polar surface area (TPSA) is 88.8 Å². The number of aromatic nitrogens is 3. The smallest absolute Gasteiger partial charge is 0.159 e. The van der Waals surface area contributed by atoms with E-state index in [1.807, 2.05) is 30.3 Å². The van der Waals surface area contributed by atoms with E-state index in [9.17, 15) is 4.39 Å². The van der Waals surface area contributed by atoms with Crippen molar-refractivity contribution in [1.82, 2.24) is 15.0 Å². The molecule has 4 rings (SSSR count). The van der Waals surface area contributed by atoms with Crippen molar-refractivity contribution >= 4 is 39.6 Å². The lowest BCUT2D eigenvalue weighted by Crippen LogP contribution is -2.05. The van der Waals surface area contributed by atoms with Crippen LogP contribution in [-0.4, -0.2) is 15.0 Å². The van der Waals surface area contributed by atoms with Crippen LogP contribution in [0.15, 0.2) is 67.1 Å². The molecule has 2 aromatic carbocycles. The second-order valence-electron chi connectivity index (χ2n) is 5.62. The number of hydrogen-bond donors (Lipinski definition) is 3. The van der Waals surface area contributed by atoms with Crippen LogP contribution in [0.25, 0.3) is 10.9 Å². The van der Waals surface area contributed by atoms with Gasteiger partial charge in [0, 0.05) is 23.0 Å². The van der Waals surface area contributed by atoms with Gasteiger partial charge in [-0.05, 0) is 48.5 Å². The Morgan fingerprint density at radius 1 is 0.808 bits per heavy atom. The summed E-state index contributed by atoms with van der Waals surface area (Å²) in [6.07, 6.45) is 3.16. The molecule has 0 saturated heterocycles. The second-order valence-corrected chi connectivity index (χ2v) is 5.62. The van der Waals surface area contributed by atoms with Crippen molar-refractivity contribution in [3.63, 3.8) is 0 Å². The van der Waals surface area contributed by atoms with Gasteiger partial charge in [-0.2, -0.15) is 0 Å². The highest BCUT2D eigenvalue weighted by molar-refractivity contribution is 5.94. The van der Waals surface area contributed by atoms with Crippen LogP contribution in [0, 0.1) is 5.82 Å². The van der Waals surface area contributed by atoms with Gasteiger partial charge in [-0.15, -0.1) is 0 Å². The van der Waals surface area contributed by atoms with E-state index in [0.29, 0.717) is 23.0 Å². The Morgan fingerprint density at radius 2 is 1.58 bits per heavy atom. The molecule has 0 aliphatic heterocycles. The molecule has 7 heteroatoms. The van der Waals surface area contributed by atoms with Crippen LogP contribution in [0.3, 0.4) is 0 Å². The zero-order chi connectivity index (χ0) is 17.9. The Bertz CT molecular complexity index is 1060. The lowest BCUT2D eigenvalue weighted by atomic mass is 10.2. The van der Waals surface area contributed by atoms with Crippen molar-refractivity contribution < 1.29 is 4.39 Å². The van der Waals surface area contributed by atoms with E-state index in [1.54, 1.807) is 18.3 Å². The molecule has 2 aromatic heterocycles. The number of rotatable bonds is 4. The zero-order valence-corrected chi connectivity index (χ0v) is 13.6. The molecular formula is C19H15FN6. The lowest BCUT2D eigenvalue weighted by molar-refractivity contribution is 0.628. The van der Waals surface area contributed by atoms with Crippen molar-refractivity contribution in [3.05, 3.63) is 72.9 Å². The fourth-order valence-corrected chi connectivity index (χ4v) is 2.60. The molecule has 0 amide bonds. The number of benzene rings is 2. The number of nitrogens with one attached hydrogen (secondary N) is 2. The van der Waals surface area contributed by atoms with E-state index >= 15 is 0 Å². The molecule has 0 unspecified atom stereocenters. The minimum absolute atomic E-state index is 0.307. The van der Waals surface area contributed by atoms with E-state index in [4.69, 9.17) is 5.73 Å². The van der Waals surface area contributed by atoms with Gasteiger partial charge in [-0.3, -0.25) is 4.98 Å². The molecule has 0 aliphatic rings. The Labute approximate surface area is 148 Å². The second kappa shape index (κ2) is 6.64. The third-order valence-corrected chi connectivity index (χ3v) is 3.89. The predicted octanol–water partition coefficient (Wildman–Crippen LogP) is 4.23. The molecule has 0 spiro atoms. The first-order chi connectivity index (χ1) is 12.7. The molecule has 6 nitrogen and oxygen atoms in total. The van der Waals surface area contributed by atoms with Crippen LogP contribution in [0.1, 0.15) is 0 Å². The highest BCUT2D eigenvalue weighted by Gasteiger charge is 2.10. The summed E-state index contributed by atoms with van der Waals surface area (Å²) in [7, 11) is 0. The number of nitrogens with two attached hydrogens (primary N) is 1. The summed E-state index contributed by atoms with van der Waals surface area (Å²) in [4.78, 5) is 12.7. The van der Waals surface area contributed by atoms with Gasteiger partial charge in [0.05, 0.1) is 5.52 Å². The van der Waals surface area contributed by atoms with Crippen LogP contribution < -0.4 is 16.4 Å². The number of fused-ring (bicyclic) bond motifs is 1. The Kier molecular flexibility index (Phi) is 4.03. The highest BCUT2D eigenvalue weighted by Crippen LogP contribution is 2.30. The maximum atomic E-state index is 13.0. The quantitative estimate of drug-likeness (QED) is 0.512. The largest absolute Gasteiger partial charge is 0.393 e. The summed E-state index contributed by atoms with van der Waals surface area (Å²) in [5, 5.41) is 7.26. The summed E-state index contributed by atoms with van der Waals surface area (Å²) < 4.78 is 13.0. The van der Waals surface area contributed by atoms with Crippen molar-refractivity contribution in [2.75, 3.05) is 16.4 Å². The third kappa shape index (κ3) is 3.10. The average Bonchev–Trinajstić information content (AvgIpc) is 2.67. The summed E-state index contributed by atoms with van der Waals surface area (Å²) in [6, 6.07) is 15.6. The van der Waals surface area contributed by atoms with Gasteiger partial charge in [0.25, 0.3) is 0 Å². The van der Waals surface area contributed by atoms with Crippen LogP contribution >= 0.6 is 0 Å². The Hall–Kier alpha value is -3.74. The summed E-state index contributed by atoms with van der Waals surface area (Å²) >= 11 is 0. The van der Waals surface area contributed by atoms with Gasteiger partial charge < -0.3 is 16.4 Å². The molecule has 2 heterocycles. The molecule has 4 N–H and O–H groups in total. The van der Waals surface area contributed by atoms with Crippen molar-refractivity contribution in [1.29, 1.82) is 0 Å². The summed E-state index contributed by atoms with van der Waals surface area (Å²) in [5.74, 6) is 0.603. The van der Waals surface area contributed by atoms with E-state index in [2.05, 4.69) is 25.6 Å². The van der Waals surface area contributed by atoms with Crippen molar-refractivity contribution in [3.8, 4) is 0 Å². The number of nitrogen functional groups attached to an aromatic ring is 1. The summed E-state index contributed by atoms with van der Waals surface area (Å²) in [5.41, 5.74) is 8.96. The molecule has 0 atom stereocenters. The van der Waals surface area contributed by atoms with E-state index < -0.39 is 0 Å². The molecule has 0 fully saturated rings. The Morgan fingerprint density at radius 3 is 2.38 bits per heavy atom. The number of nitrogens with zero attached hydrogens (tertiary/aromatic N) is 3. The van der Waals surface area contributed by atoms with Crippen LogP contribution in [0.2, 0.25) is 0 Å². The van der Waals surface area contributed by atoms with Gasteiger partial charge in [-0.1, -0.05) is 6.07 Å². The van der Waals surface area contributed by atoms with Crippen LogP contribution in [0.5, 0.6) is 0 Å². The first kappa shape index (κ1) is 15.8. The summed E-state index contributed by atoms with van der Waals surface area (Å²) in [6.45, 7) is 0. The van der Waals surface area contributed by atoms with E-state index in [0.717, 1.165) is 16.6 Å². The minimum atomic E-state index is -0.307. The van der Waals surface area contributed by atoms with Crippen molar-refractivity contribution in [2.24, 2.45) is 0 Å². The zero-order valence-electron chi connectivity index (χ0n) is 13.6. The molecule has 0 aliphatic carbocycles. The fraction of sp³-hybridized carbons (Fsp3) is 0.